The van der Waals surface area contributed by atoms with Crippen LogP contribution in [0.15, 0.2) is 30.3 Å². The lowest BCUT2D eigenvalue weighted by Gasteiger charge is -2.46. The smallest absolute Gasteiger partial charge is 0.00495 e. The van der Waals surface area contributed by atoms with Crippen LogP contribution in [-0.2, 0) is 6.42 Å². The highest BCUT2D eigenvalue weighted by molar-refractivity contribution is 5.14. The highest BCUT2D eigenvalue weighted by atomic mass is 14.9. The van der Waals surface area contributed by atoms with Crippen molar-refractivity contribution in [3.05, 3.63) is 35.9 Å². The summed E-state index contributed by atoms with van der Waals surface area (Å²) >= 11 is 0. The molecule has 2 nitrogen and oxygen atoms in total. The summed E-state index contributed by atoms with van der Waals surface area (Å²) in [5, 5.41) is 3.65. The van der Waals surface area contributed by atoms with Gasteiger partial charge in [-0.3, -0.25) is 0 Å². The molecule has 1 aliphatic carbocycles. The van der Waals surface area contributed by atoms with Crippen molar-refractivity contribution >= 4 is 0 Å². The van der Waals surface area contributed by atoms with Gasteiger partial charge in [0.05, 0.1) is 0 Å². The summed E-state index contributed by atoms with van der Waals surface area (Å²) in [5.41, 5.74) is 8.39. The van der Waals surface area contributed by atoms with Crippen molar-refractivity contribution in [3.8, 4) is 0 Å². The van der Waals surface area contributed by atoms with Crippen LogP contribution < -0.4 is 11.1 Å². The van der Waals surface area contributed by atoms with E-state index in [0.717, 1.165) is 32.4 Å². The van der Waals surface area contributed by atoms with Crippen LogP contribution in [0.3, 0.4) is 0 Å². The first kappa shape index (κ1) is 15.5. The topological polar surface area (TPSA) is 38.0 Å². The molecule has 1 saturated carbocycles. The highest BCUT2D eigenvalue weighted by Gasteiger charge is 2.39. The molecular weight excluding hydrogens is 244 g/mol. The van der Waals surface area contributed by atoms with Crippen LogP contribution in [0.25, 0.3) is 0 Å². The maximum atomic E-state index is 6.25. The van der Waals surface area contributed by atoms with Crippen LogP contribution in [0, 0.1) is 10.8 Å². The van der Waals surface area contributed by atoms with Crippen molar-refractivity contribution in [2.75, 3.05) is 13.1 Å². The van der Waals surface area contributed by atoms with Gasteiger partial charge in [-0.25, -0.2) is 0 Å². The van der Waals surface area contributed by atoms with Crippen molar-refractivity contribution in [1.82, 2.24) is 5.32 Å². The van der Waals surface area contributed by atoms with Crippen molar-refractivity contribution in [1.29, 1.82) is 0 Å². The summed E-state index contributed by atoms with van der Waals surface area (Å²) in [6.45, 7) is 9.23. The molecule has 0 radical (unpaired) electrons. The van der Waals surface area contributed by atoms with E-state index in [9.17, 15) is 0 Å². The van der Waals surface area contributed by atoms with Crippen LogP contribution in [0.4, 0.5) is 0 Å². The number of rotatable bonds is 5. The first-order valence-electron chi connectivity index (χ1n) is 7.89. The van der Waals surface area contributed by atoms with Gasteiger partial charge in [0, 0.05) is 12.6 Å². The Morgan fingerprint density at radius 1 is 1.15 bits per heavy atom. The second kappa shape index (κ2) is 6.28. The molecule has 0 bridgehead atoms. The molecule has 2 heteroatoms. The Morgan fingerprint density at radius 2 is 1.85 bits per heavy atom. The van der Waals surface area contributed by atoms with Gasteiger partial charge in [-0.2, -0.15) is 0 Å². The number of benzene rings is 1. The van der Waals surface area contributed by atoms with Crippen molar-refractivity contribution in [3.63, 3.8) is 0 Å². The molecule has 0 aliphatic heterocycles. The van der Waals surface area contributed by atoms with Crippen LogP contribution in [-0.4, -0.2) is 19.1 Å². The van der Waals surface area contributed by atoms with Crippen LogP contribution in [0.5, 0.6) is 0 Å². The van der Waals surface area contributed by atoms with E-state index in [-0.39, 0.29) is 0 Å². The van der Waals surface area contributed by atoms with Gasteiger partial charge in [0.1, 0.15) is 0 Å². The summed E-state index contributed by atoms with van der Waals surface area (Å²) in [5.74, 6) is 0. The molecule has 1 aromatic rings. The van der Waals surface area contributed by atoms with E-state index in [1.807, 2.05) is 0 Å². The average molecular weight is 274 g/mol. The van der Waals surface area contributed by atoms with Crippen molar-refractivity contribution in [2.24, 2.45) is 16.6 Å². The molecule has 1 aliphatic rings. The van der Waals surface area contributed by atoms with Crippen LogP contribution >= 0.6 is 0 Å². The van der Waals surface area contributed by atoms with Gasteiger partial charge in [0.25, 0.3) is 0 Å². The lowest BCUT2D eigenvalue weighted by Crippen LogP contribution is -2.46. The molecule has 1 fully saturated rings. The van der Waals surface area contributed by atoms with Gasteiger partial charge in [-0.15, -0.1) is 0 Å². The molecule has 112 valence electrons. The second-order valence-corrected chi connectivity index (χ2v) is 7.73. The monoisotopic (exact) mass is 274 g/mol. The Balaban J connectivity index is 1.78. The Morgan fingerprint density at radius 3 is 2.50 bits per heavy atom. The van der Waals surface area contributed by atoms with Gasteiger partial charge in [-0.1, -0.05) is 51.1 Å². The largest absolute Gasteiger partial charge is 0.328 e. The molecule has 2 unspecified atom stereocenters. The molecule has 0 heterocycles. The fraction of sp³-hybridized carbons (Fsp3) is 0.667. The van der Waals surface area contributed by atoms with E-state index in [1.165, 1.54) is 12.0 Å². The zero-order valence-electron chi connectivity index (χ0n) is 13.3. The van der Waals surface area contributed by atoms with Gasteiger partial charge < -0.3 is 11.1 Å². The number of hydrogen-bond donors (Lipinski definition) is 2. The van der Waals surface area contributed by atoms with Gasteiger partial charge >= 0.3 is 0 Å². The maximum absolute atomic E-state index is 6.25. The molecule has 0 saturated heterocycles. The summed E-state index contributed by atoms with van der Waals surface area (Å²) in [7, 11) is 0. The molecular formula is C18H30N2. The van der Waals surface area contributed by atoms with Gasteiger partial charge in [-0.05, 0) is 48.6 Å². The number of hydrogen-bond acceptors (Lipinski definition) is 2. The molecule has 2 rings (SSSR count). The normalized spacial score (nSPS) is 29.3. The average Bonchev–Trinajstić information content (AvgIpc) is 2.33. The SMILES string of the molecule is CC1(C)CC(N)CC(C)(CNCCc2ccccc2)C1. The minimum Gasteiger partial charge on any atom is -0.328 e. The van der Waals surface area contributed by atoms with Gasteiger partial charge in [0.2, 0.25) is 0 Å². The summed E-state index contributed by atoms with van der Waals surface area (Å²) in [4.78, 5) is 0. The lowest BCUT2D eigenvalue weighted by molar-refractivity contribution is 0.0830. The van der Waals surface area contributed by atoms with E-state index in [1.54, 1.807) is 0 Å². The molecule has 1 aromatic carbocycles. The molecule has 0 amide bonds. The summed E-state index contributed by atoms with van der Waals surface area (Å²) in [6.07, 6.45) is 4.68. The van der Waals surface area contributed by atoms with E-state index < -0.39 is 0 Å². The zero-order valence-corrected chi connectivity index (χ0v) is 13.3. The molecule has 0 aromatic heterocycles. The van der Waals surface area contributed by atoms with E-state index in [2.05, 4.69) is 56.4 Å². The van der Waals surface area contributed by atoms with E-state index >= 15 is 0 Å². The first-order chi connectivity index (χ1) is 9.39. The fourth-order valence-electron chi connectivity index (χ4n) is 4.12. The zero-order chi connectivity index (χ0) is 14.6. The van der Waals surface area contributed by atoms with Crippen LogP contribution in [0.2, 0.25) is 0 Å². The Bertz CT molecular complexity index is 413. The Hall–Kier alpha value is -0.860. The third-order valence-corrected chi connectivity index (χ3v) is 4.46. The van der Waals surface area contributed by atoms with Crippen molar-refractivity contribution < 1.29 is 0 Å². The van der Waals surface area contributed by atoms with Gasteiger partial charge in [0.15, 0.2) is 0 Å². The number of nitrogens with one attached hydrogen (secondary N) is 1. The maximum Gasteiger partial charge on any atom is 0.00495 e. The Kier molecular flexibility index (Phi) is 4.87. The predicted octanol–water partition coefficient (Wildman–Crippen LogP) is 3.36. The van der Waals surface area contributed by atoms with E-state index in [4.69, 9.17) is 5.73 Å². The third-order valence-electron chi connectivity index (χ3n) is 4.46. The minimum absolute atomic E-state index is 0.345. The molecule has 2 atom stereocenters. The third kappa shape index (κ3) is 4.60. The second-order valence-electron chi connectivity index (χ2n) is 7.73. The first-order valence-corrected chi connectivity index (χ1v) is 7.89. The number of nitrogens with two attached hydrogens (primary N) is 1. The Labute approximate surface area is 124 Å². The lowest BCUT2D eigenvalue weighted by atomic mass is 9.63. The molecule has 0 spiro atoms. The van der Waals surface area contributed by atoms with Crippen molar-refractivity contribution in [2.45, 2.75) is 52.5 Å². The highest BCUT2D eigenvalue weighted by Crippen LogP contribution is 2.45. The van der Waals surface area contributed by atoms with E-state index in [0.29, 0.717) is 16.9 Å². The molecule has 20 heavy (non-hydrogen) atoms. The van der Waals surface area contributed by atoms with Crippen LogP contribution in [0.1, 0.15) is 45.6 Å². The molecule has 3 N–H and O–H groups in total. The predicted molar refractivity (Wildman–Crippen MR) is 86.7 cm³/mol. The standard InChI is InChI=1S/C18H30N2/c1-17(2)11-16(19)12-18(3,13-17)14-20-10-9-15-7-5-4-6-8-15/h4-8,16,20H,9-14,19H2,1-3H3. The minimum atomic E-state index is 0.345. The quantitative estimate of drug-likeness (QED) is 0.808. The fourth-order valence-corrected chi connectivity index (χ4v) is 4.12. The summed E-state index contributed by atoms with van der Waals surface area (Å²) in [6, 6.07) is 11.0. The summed E-state index contributed by atoms with van der Waals surface area (Å²) < 4.78 is 0.